The van der Waals surface area contributed by atoms with Gasteiger partial charge in [0.1, 0.15) is 5.25 Å². The van der Waals surface area contributed by atoms with Crippen molar-refractivity contribution in [1.29, 1.82) is 0 Å². The highest BCUT2D eigenvalue weighted by molar-refractivity contribution is 7.81. The van der Waals surface area contributed by atoms with Gasteiger partial charge in [-0.1, -0.05) is 49.6 Å². The van der Waals surface area contributed by atoms with Crippen LogP contribution in [0.5, 0.6) is 0 Å². The molecule has 0 fully saturated rings. The van der Waals surface area contributed by atoms with Crippen molar-refractivity contribution in [3.05, 3.63) is 72.6 Å². The molecule has 3 nitrogen and oxygen atoms in total. The summed E-state index contributed by atoms with van der Waals surface area (Å²) in [6, 6.07) is 11.2. The SMILES string of the molecule is C=Cc1cc(NC(=O)C(S)c2ccccc2)cnc1C=C. The Bertz CT molecular complexity index is 668. The van der Waals surface area contributed by atoms with E-state index in [0.717, 1.165) is 16.8 Å². The molecule has 1 unspecified atom stereocenters. The lowest BCUT2D eigenvalue weighted by Crippen LogP contribution is -2.17. The van der Waals surface area contributed by atoms with Gasteiger partial charge in [0.15, 0.2) is 0 Å². The molecule has 0 bridgehead atoms. The largest absolute Gasteiger partial charge is 0.323 e. The second-order valence-electron chi connectivity index (χ2n) is 4.41. The Morgan fingerprint density at radius 1 is 1.24 bits per heavy atom. The highest BCUT2D eigenvalue weighted by Crippen LogP contribution is 2.22. The summed E-state index contributed by atoms with van der Waals surface area (Å²) < 4.78 is 0. The van der Waals surface area contributed by atoms with Gasteiger partial charge in [0.05, 0.1) is 17.6 Å². The van der Waals surface area contributed by atoms with Crippen LogP contribution in [0.3, 0.4) is 0 Å². The van der Waals surface area contributed by atoms with Crippen LogP contribution < -0.4 is 5.32 Å². The Labute approximate surface area is 129 Å². The fourth-order valence-corrected chi connectivity index (χ4v) is 2.13. The van der Waals surface area contributed by atoms with Crippen molar-refractivity contribution >= 4 is 36.4 Å². The van der Waals surface area contributed by atoms with Gasteiger partial charge in [0, 0.05) is 5.56 Å². The summed E-state index contributed by atoms with van der Waals surface area (Å²) in [4.78, 5) is 16.4. The lowest BCUT2D eigenvalue weighted by molar-refractivity contribution is -0.115. The number of amides is 1. The lowest BCUT2D eigenvalue weighted by Gasteiger charge is -2.12. The summed E-state index contributed by atoms with van der Waals surface area (Å²) in [5.74, 6) is -0.201. The van der Waals surface area contributed by atoms with Gasteiger partial charge in [0.2, 0.25) is 5.91 Å². The smallest absolute Gasteiger partial charge is 0.241 e. The van der Waals surface area contributed by atoms with Crippen molar-refractivity contribution in [1.82, 2.24) is 4.98 Å². The summed E-state index contributed by atoms with van der Waals surface area (Å²) in [6.45, 7) is 7.42. The summed E-state index contributed by atoms with van der Waals surface area (Å²) in [7, 11) is 0. The van der Waals surface area contributed by atoms with E-state index in [9.17, 15) is 4.79 Å². The molecule has 106 valence electrons. The number of carbonyl (C=O) groups excluding carboxylic acids is 1. The van der Waals surface area contributed by atoms with E-state index in [1.54, 1.807) is 24.4 Å². The van der Waals surface area contributed by atoms with Crippen molar-refractivity contribution < 1.29 is 4.79 Å². The summed E-state index contributed by atoms with van der Waals surface area (Å²) in [5.41, 5.74) is 3.00. The van der Waals surface area contributed by atoms with Crippen molar-refractivity contribution in [2.45, 2.75) is 5.25 Å². The number of pyridine rings is 1. The molecule has 0 aliphatic rings. The molecule has 4 heteroatoms. The number of hydrogen-bond donors (Lipinski definition) is 2. The van der Waals surface area contributed by atoms with E-state index < -0.39 is 5.25 Å². The lowest BCUT2D eigenvalue weighted by atomic mass is 10.1. The Kier molecular flexibility index (Phi) is 4.95. The highest BCUT2D eigenvalue weighted by Gasteiger charge is 2.16. The molecule has 0 saturated carbocycles. The van der Waals surface area contributed by atoms with Gasteiger partial charge in [-0.15, -0.1) is 0 Å². The summed E-state index contributed by atoms with van der Waals surface area (Å²) in [6.07, 6.45) is 4.91. The topological polar surface area (TPSA) is 42.0 Å². The fraction of sp³-hybridized carbons (Fsp3) is 0.0588. The van der Waals surface area contributed by atoms with Crippen LogP contribution in [0.1, 0.15) is 22.1 Å². The zero-order chi connectivity index (χ0) is 15.2. The van der Waals surface area contributed by atoms with Gasteiger partial charge >= 0.3 is 0 Å². The van der Waals surface area contributed by atoms with E-state index in [0.29, 0.717) is 5.69 Å². The zero-order valence-corrected chi connectivity index (χ0v) is 12.4. The minimum atomic E-state index is -0.530. The van der Waals surface area contributed by atoms with E-state index in [4.69, 9.17) is 0 Å². The third-order valence-corrected chi connectivity index (χ3v) is 3.53. The third-order valence-electron chi connectivity index (χ3n) is 2.99. The van der Waals surface area contributed by atoms with Crippen LogP contribution in [0.2, 0.25) is 0 Å². The molecule has 2 rings (SSSR count). The molecule has 0 spiro atoms. The molecule has 0 aliphatic carbocycles. The minimum absolute atomic E-state index is 0.201. The first-order valence-corrected chi connectivity index (χ1v) is 6.96. The zero-order valence-electron chi connectivity index (χ0n) is 11.5. The van der Waals surface area contributed by atoms with Crippen LogP contribution in [-0.2, 0) is 4.79 Å². The maximum absolute atomic E-state index is 12.2. The van der Waals surface area contributed by atoms with Crippen LogP contribution in [0.4, 0.5) is 5.69 Å². The number of carbonyl (C=O) groups is 1. The van der Waals surface area contributed by atoms with Gasteiger partial charge in [0.25, 0.3) is 0 Å². The predicted molar refractivity (Wildman–Crippen MR) is 91.2 cm³/mol. The fourth-order valence-electron chi connectivity index (χ4n) is 1.89. The van der Waals surface area contributed by atoms with Gasteiger partial charge in [-0.05, 0) is 17.7 Å². The Morgan fingerprint density at radius 3 is 2.57 bits per heavy atom. The van der Waals surface area contributed by atoms with Crippen molar-refractivity contribution in [3.8, 4) is 0 Å². The van der Waals surface area contributed by atoms with Gasteiger partial charge in [-0.3, -0.25) is 9.78 Å². The number of nitrogens with zero attached hydrogens (tertiary/aromatic N) is 1. The Hall–Kier alpha value is -2.33. The third kappa shape index (κ3) is 3.61. The van der Waals surface area contributed by atoms with E-state index in [1.165, 1.54) is 0 Å². The first-order valence-electron chi connectivity index (χ1n) is 6.44. The Morgan fingerprint density at radius 2 is 1.95 bits per heavy atom. The molecule has 1 aromatic carbocycles. The van der Waals surface area contributed by atoms with E-state index in [-0.39, 0.29) is 5.91 Å². The van der Waals surface area contributed by atoms with Gasteiger partial charge in [-0.2, -0.15) is 12.6 Å². The molecule has 0 saturated heterocycles. The molecule has 0 radical (unpaired) electrons. The van der Waals surface area contributed by atoms with Crippen LogP contribution in [0.25, 0.3) is 12.2 Å². The average Bonchev–Trinajstić information content (AvgIpc) is 2.54. The quantitative estimate of drug-likeness (QED) is 0.820. The summed E-state index contributed by atoms with van der Waals surface area (Å²) in [5, 5.41) is 2.28. The number of benzene rings is 1. The van der Waals surface area contributed by atoms with Crippen molar-refractivity contribution in [3.63, 3.8) is 0 Å². The number of rotatable bonds is 5. The van der Waals surface area contributed by atoms with Crippen molar-refractivity contribution in [2.75, 3.05) is 5.32 Å². The van der Waals surface area contributed by atoms with Crippen LogP contribution in [-0.4, -0.2) is 10.9 Å². The highest BCUT2D eigenvalue weighted by atomic mass is 32.1. The Balaban J connectivity index is 2.16. The van der Waals surface area contributed by atoms with E-state index in [2.05, 4.69) is 36.1 Å². The second kappa shape index (κ2) is 6.90. The molecule has 1 aromatic heterocycles. The maximum atomic E-state index is 12.2. The monoisotopic (exact) mass is 296 g/mol. The molecule has 1 N–H and O–H groups in total. The van der Waals surface area contributed by atoms with Crippen LogP contribution in [0, 0.1) is 0 Å². The van der Waals surface area contributed by atoms with E-state index in [1.807, 2.05) is 30.3 Å². The average molecular weight is 296 g/mol. The molecule has 1 heterocycles. The molecular weight excluding hydrogens is 280 g/mol. The molecule has 1 atom stereocenters. The van der Waals surface area contributed by atoms with Crippen LogP contribution >= 0.6 is 12.6 Å². The second-order valence-corrected chi connectivity index (χ2v) is 4.93. The summed E-state index contributed by atoms with van der Waals surface area (Å²) >= 11 is 4.36. The number of thiol groups is 1. The first kappa shape index (κ1) is 15.1. The molecule has 21 heavy (non-hydrogen) atoms. The predicted octanol–water partition coefficient (Wildman–Crippen LogP) is 3.98. The number of nitrogens with one attached hydrogen (secondary N) is 1. The number of anilines is 1. The number of hydrogen-bond acceptors (Lipinski definition) is 3. The number of aromatic nitrogens is 1. The first-order chi connectivity index (χ1) is 10.2. The van der Waals surface area contributed by atoms with Gasteiger partial charge in [-0.25, -0.2) is 0 Å². The minimum Gasteiger partial charge on any atom is -0.323 e. The molecule has 0 aliphatic heterocycles. The standard InChI is InChI=1S/C17H16N2OS/c1-3-12-10-14(11-18-15(12)4-2)19-17(20)16(21)13-8-6-5-7-9-13/h3-11,16,21H,1-2H2,(H,19,20). The van der Waals surface area contributed by atoms with Crippen LogP contribution in [0.15, 0.2) is 55.8 Å². The van der Waals surface area contributed by atoms with Crippen molar-refractivity contribution in [2.24, 2.45) is 0 Å². The maximum Gasteiger partial charge on any atom is 0.241 e. The van der Waals surface area contributed by atoms with Gasteiger partial charge < -0.3 is 5.32 Å². The normalized spacial score (nSPS) is 11.5. The molecule has 1 amide bonds. The molecule has 2 aromatic rings. The molecular formula is C17H16N2OS. The van der Waals surface area contributed by atoms with E-state index >= 15 is 0 Å².